The van der Waals surface area contributed by atoms with Gasteiger partial charge in [-0.3, -0.25) is 9.78 Å². The molecule has 1 aliphatic carbocycles. The number of hydrogen-bond acceptors (Lipinski definition) is 5. The first kappa shape index (κ1) is 18.6. The fourth-order valence-corrected chi connectivity index (χ4v) is 3.47. The van der Waals surface area contributed by atoms with E-state index in [-0.39, 0.29) is 18.6 Å². The lowest BCUT2D eigenvalue weighted by Gasteiger charge is -2.21. The number of imidazole rings is 1. The predicted molar refractivity (Wildman–Crippen MR) is 108 cm³/mol. The van der Waals surface area contributed by atoms with E-state index < -0.39 is 5.41 Å². The van der Waals surface area contributed by atoms with Crippen molar-refractivity contribution in [1.29, 1.82) is 0 Å². The molecule has 0 spiro atoms. The van der Waals surface area contributed by atoms with Gasteiger partial charge in [0.2, 0.25) is 0 Å². The first-order valence-corrected chi connectivity index (χ1v) is 9.51. The summed E-state index contributed by atoms with van der Waals surface area (Å²) in [6.45, 7) is 3.80. The highest BCUT2D eigenvalue weighted by Crippen LogP contribution is 2.24. The minimum Gasteiger partial charge on any atom is -0.395 e. The fourth-order valence-electron chi connectivity index (χ4n) is 3.47. The van der Waals surface area contributed by atoms with E-state index in [4.69, 9.17) is 5.73 Å². The second-order valence-corrected chi connectivity index (χ2v) is 8.15. The van der Waals surface area contributed by atoms with Crippen molar-refractivity contribution in [2.24, 2.45) is 5.73 Å². The summed E-state index contributed by atoms with van der Waals surface area (Å²) in [5.74, 6) is 0.485. The maximum atomic E-state index is 12.7. The molecule has 2 heterocycles. The van der Waals surface area contributed by atoms with Crippen LogP contribution in [0.5, 0.6) is 0 Å². The molecule has 1 aliphatic rings. The highest BCUT2D eigenvalue weighted by molar-refractivity contribution is 6.05. The molecule has 3 aromatic rings. The van der Waals surface area contributed by atoms with Gasteiger partial charge in [-0.25, -0.2) is 4.98 Å². The number of aliphatic hydroxyl groups is 1. The summed E-state index contributed by atoms with van der Waals surface area (Å²) in [4.78, 5) is 24.9. The maximum Gasteiger partial charge on any atom is 0.255 e. The van der Waals surface area contributed by atoms with E-state index in [0.717, 1.165) is 41.6 Å². The molecule has 1 aromatic carbocycles. The Balaban J connectivity index is 1.56. The third kappa shape index (κ3) is 3.50. The van der Waals surface area contributed by atoms with Crippen LogP contribution in [0.2, 0.25) is 0 Å². The van der Waals surface area contributed by atoms with Gasteiger partial charge < -0.3 is 21.1 Å². The lowest BCUT2D eigenvalue weighted by atomic mass is 9.92. The molecule has 1 atom stereocenters. The number of aryl methyl sites for hydroxylation is 1. The van der Waals surface area contributed by atoms with Gasteiger partial charge >= 0.3 is 0 Å². The fraction of sp³-hybridized carbons (Fsp3) is 0.381. The molecular weight excluding hydrogens is 354 g/mol. The van der Waals surface area contributed by atoms with Crippen LogP contribution in [0.3, 0.4) is 0 Å². The van der Waals surface area contributed by atoms with Crippen LogP contribution in [0, 0.1) is 0 Å². The van der Waals surface area contributed by atoms with Crippen LogP contribution in [0.25, 0.3) is 11.0 Å². The Morgan fingerprint density at radius 1 is 1.39 bits per heavy atom. The molecule has 7 heteroatoms. The number of H-pyrrole nitrogens is 1. The number of anilines is 1. The first-order chi connectivity index (χ1) is 13.4. The highest BCUT2D eigenvalue weighted by atomic mass is 16.3. The summed E-state index contributed by atoms with van der Waals surface area (Å²) >= 11 is 0. The van der Waals surface area contributed by atoms with Crippen molar-refractivity contribution in [1.82, 2.24) is 15.0 Å². The van der Waals surface area contributed by atoms with E-state index in [1.807, 2.05) is 26.0 Å². The summed E-state index contributed by atoms with van der Waals surface area (Å²) in [5, 5.41) is 12.5. The van der Waals surface area contributed by atoms with Gasteiger partial charge in [0.25, 0.3) is 5.91 Å². The number of aliphatic hydroxyl groups excluding tert-OH is 1. The largest absolute Gasteiger partial charge is 0.395 e. The number of aromatic nitrogens is 3. The van der Waals surface area contributed by atoms with Crippen LogP contribution in [-0.2, 0) is 18.3 Å². The van der Waals surface area contributed by atoms with Crippen molar-refractivity contribution in [3.8, 4) is 0 Å². The van der Waals surface area contributed by atoms with Gasteiger partial charge in [-0.15, -0.1) is 0 Å². The Labute approximate surface area is 163 Å². The molecule has 7 nitrogen and oxygen atoms in total. The molecule has 4 rings (SSSR count). The smallest absolute Gasteiger partial charge is 0.255 e. The van der Waals surface area contributed by atoms with E-state index in [2.05, 4.69) is 20.3 Å². The van der Waals surface area contributed by atoms with Crippen LogP contribution in [0.15, 0.2) is 30.5 Å². The Kier molecular flexibility index (Phi) is 4.64. The minimum absolute atomic E-state index is 0.0187. The molecule has 0 saturated carbocycles. The number of pyridine rings is 1. The van der Waals surface area contributed by atoms with E-state index in [1.165, 1.54) is 0 Å². The van der Waals surface area contributed by atoms with Crippen molar-refractivity contribution >= 4 is 22.6 Å². The van der Waals surface area contributed by atoms with Crippen LogP contribution in [0.1, 0.15) is 47.7 Å². The van der Waals surface area contributed by atoms with Gasteiger partial charge in [-0.05, 0) is 49.1 Å². The number of amides is 1. The summed E-state index contributed by atoms with van der Waals surface area (Å²) in [5.41, 5.74) is 10.5. The first-order valence-electron chi connectivity index (χ1n) is 9.51. The van der Waals surface area contributed by atoms with Gasteiger partial charge in [0.1, 0.15) is 5.82 Å². The standard InChI is InChI=1S/C21H25N5O2/c1-21(2,11-27)20-25-17-5-3-12(9-18(17)26-20)19(28)24-15-8-13-7-14(22)4-6-16(13)23-10-15/h3,5,8-10,14,27H,4,6-7,11,22H2,1-2H3,(H,24,28)(H,25,26). The number of aromatic amines is 1. The molecular formula is C21H25N5O2. The summed E-state index contributed by atoms with van der Waals surface area (Å²) in [6.07, 6.45) is 4.32. The number of benzene rings is 1. The van der Waals surface area contributed by atoms with Gasteiger partial charge in [0.15, 0.2) is 0 Å². The lowest BCUT2D eigenvalue weighted by Crippen LogP contribution is -2.28. The zero-order valence-electron chi connectivity index (χ0n) is 16.1. The van der Waals surface area contributed by atoms with E-state index in [0.29, 0.717) is 17.1 Å². The molecule has 0 aliphatic heterocycles. The van der Waals surface area contributed by atoms with Gasteiger partial charge in [0.05, 0.1) is 29.5 Å². The maximum absolute atomic E-state index is 12.7. The van der Waals surface area contributed by atoms with Crippen molar-refractivity contribution < 1.29 is 9.90 Å². The van der Waals surface area contributed by atoms with Crippen LogP contribution in [-0.4, -0.2) is 38.6 Å². The number of nitrogens with zero attached hydrogens (tertiary/aromatic N) is 2. The number of nitrogens with one attached hydrogen (secondary N) is 2. The lowest BCUT2D eigenvalue weighted by molar-refractivity contribution is 0.102. The molecule has 28 heavy (non-hydrogen) atoms. The number of fused-ring (bicyclic) bond motifs is 2. The molecule has 1 unspecified atom stereocenters. The number of rotatable bonds is 4. The Hall–Kier alpha value is -2.77. The van der Waals surface area contributed by atoms with Gasteiger partial charge in [0, 0.05) is 22.7 Å². The molecule has 0 saturated heterocycles. The summed E-state index contributed by atoms with van der Waals surface area (Å²) < 4.78 is 0. The van der Waals surface area contributed by atoms with Crippen molar-refractivity contribution in [3.05, 3.63) is 53.1 Å². The highest BCUT2D eigenvalue weighted by Gasteiger charge is 2.24. The molecule has 5 N–H and O–H groups in total. The predicted octanol–water partition coefficient (Wildman–Crippen LogP) is 2.30. The summed E-state index contributed by atoms with van der Waals surface area (Å²) in [7, 11) is 0. The Morgan fingerprint density at radius 3 is 3.00 bits per heavy atom. The van der Waals surface area contributed by atoms with E-state index >= 15 is 0 Å². The molecule has 1 amide bonds. The molecule has 146 valence electrons. The molecule has 0 bridgehead atoms. The van der Waals surface area contributed by atoms with Gasteiger partial charge in [-0.2, -0.15) is 0 Å². The monoisotopic (exact) mass is 379 g/mol. The second kappa shape index (κ2) is 7.00. The van der Waals surface area contributed by atoms with E-state index in [9.17, 15) is 9.90 Å². The average molecular weight is 379 g/mol. The molecule has 0 radical (unpaired) electrons. The molecule has 0 fully saturated rings. The van der Waals surface area contributed by atoms with Crippen LogP contribution < -0.4 is 11.1 Å². The zero-order chi connectivity index (χ0) is 19.9. The Morgan fingerprint density at radius 2 is 2.21 bits per heavy atom. The van der Waals surface area contributed by atoms with Crippen LogP contribution >= 0.6 is 0 Å². The summed E-state index contributed by atoms with van der Waals surface area (Å²) in [6, 6.07) is 7.45. The Bertz CT molecular complexity index is 1040. The third-order valence-corrected chi connectivity index (χ3v) is 5.33. The SMILES string of the molecule is CC(C)(CO)c1nc2ccc(C(=O)Nc3cnc4c(c3)CC(N)CC4)cc2[nH]1. The zero-order valence-corrected chi connectivity index (χ0v) is 16.1. The number of hydrogen-bond donors (Lipinski definition) is 4. The van der Waals surface area contributed by atoms with Crippen LogP contribution in [0.4, 0.5) is 5.69 Å². The van der Waals surface area contributed by atoms with Crippen molar-refractivity contribution in [3.63, 3.8) is 0 Å². The average Bonchev–Trinajstić information content (AvgIpc) is 3.12. The quantitative estimate of drug-likeness (QED) is 0.555. The normalized spacial score (nSPS) is 16.8. The second-order valence-electron chi connectivity index (χ2n) is 8.15. The van der Waals surface area contributed by atoms with E-state index in [1.54, 1.807) is 18.3 Å². The topological polar surface area (TPSA) is 117 Å². The number of nitrogens with two attached hydrogens (primary N) is 1. The minimum atomic E-state index is -0.475. The van der Waals surface area contributed by atoms with Gasteiger partial charge in [-0.1, -0.05) is 13.8 Å². The number of carbonyl (C=O) groups excluding carboxylic acids is 1. The van der Waals surface area contributed by atoms with Crippen molar-refractivity contribution in [2.45, 2.75) is 44.6 Å². The number of carbonyl (C=O) groups is 1. The third-order valence-electron chi connectivity index (χ3n) is 5.33. The molecule has 2 aromatic heterocycles. The van der Waals surface area contributed by atoms with Crippen molar-refractivity contribution in [2.75, 3.05) is 11.9 Å².